The van der Waals surface area contributed by atoms with E-state index < -0.39 is 0 Å². The van der Waals surface area contributed by atoms with Gasteiger partial charge in [-0.1, -0.05) is 23.7 Å². The lowest BCUT2D eigenvalue weighted by Crippen LogP contribution is -1.99. The Morgan fingerprint density at radius 1 is 1.12 bits per heavy atom. The van der Waals surface area contributed by atoms with Gasteiger partial charge in [-0.05, 0) is 55.3 Å². The normalized spacial score (nSPS) is 10.8. The second-order valence-corrected chi connectivity index (χ2v) is 7.19. The van der Waals surface area contributed by atoms with E-state index in [-0.39, 0.29) is 0 Å². The monoisotopic (exact) mass is 373 g/mol. The topological polar surface area (TPSA) is 31.4 Å². The van der Waals surface area contributed by atoms with Crippen molar-refractivity contribution in [2.45, 2.75) is 18.4 Å². The summed E-state index contributed by atoms with van der Waals surface area (Å²) in [4.78, 5) is 4.75. The number of methoxy groups -OCH3 is 1. The summed E-state index contributed by atoms with van der Waals surface area (Å²) in [6, 6.07) is 15.6. The van der Waals surface area contributed by atoms with E-state index in [0.717, 1.165) is 44.6 Å². The van der Waals surface area contributed by atoms with Crippen LogP contribution in [-0.2, 0) is 0 Å². The first-order valence-electron chi connectivity index (χ1n) is 8.13. The number of thioether (sulfide) groups is 1. The summed E-state index contributed by atoms with van der Waals surface area (Å²) in [6.07, 6.45) is 0.942. The van der Waals surface area contributed by atoms with E-state index in [2.05, 4.69) is 19.1 Å². The van der Waals surface area contributed by atoms with Gasteiger partial charge in [-0.15, -0.1) is 11.8 Å². The van der Waals surface area contributed by atoms with Crippen LogP contribution in [0.1, 0.15) is 12.0 Å². The van der Waals surface area contributed by atoms with Crippen LogP contribution in [0.3, 0.4) is 0 Å². The first-order chi connectivity index (χ1) is 12.2. The molecular weight excluding hydrogens is 354 g/mol. The molecule has 0 aliphatic carbocycles. The molecular formula is C20H20ClNO2S. The van der Waals surface area contributed by atoms with Gasteiger partial charge in [-0.2, -0.15) is 0 Å². The molecule has 0 atom stereocenters. The van der Waals surface area contributed by atoms with Crippen molar-refractivity contribution >= 4 is 34.3 Å². The molecule has 5 heteroatoms. The van der Waals surface area contributed by atoms with Gasteiger partial charge in [0, 0.05) is 16.2 Å². The number of halogens is 1. The van der Waals surface area contributed by atoms with Gasteiger partial charge < -0.3 is 9.47 Å². The van der Waals surface area contributed by atoms with Crippen LogP contribution in [-0.4, -0.2) is 24.5 Å². The zero-order valence-corrected chi connectivity index (χ0v) is 15.9. The fourth-order valence-corrected chi connectivity index (χ4v) is 3.57. The van der Waals surface area contributed by atoms with Gasteiger partial charge in [0.1, 0.15) is 17.0 Å². The highest BCUT2D eigenvalue weighted by Gasteiger charge is 2.08. The molecule has 0 fully saturated rings. The molecule has 0 aliphatic heterocycles. The number of fused-ring (bicyclic) bond motifs is 1. The fourth-order valence-electron chi connectivity index (χ4n) is 2.56. The molecule has 0 N–H and O–H groups in total. The summed E-state index contributed by atoms with van der Waals surface area (Å²) >= 11 is 7.60. The molecule has 1 heterocycles. The molecule has 130 valence electrons. The van der Waals surface area contributed by atoms with Crippen LogP contribution in [0.25, 0.3) is 10.9 Å². The number of nitrogens with zero attached hydrogens (tertiary/aromatic N) is 1. The molecule has 0 saturated carbocycles. The highest BCUT2D eigenvalue weighted by molar-refractivity contribution is 7.99. The van der Waals surface area contributed by atoms with E-state index in [0.29, 0.717) is 6.61 Å². The van der Waals surface area contributed by atoms with E-state index in [4.69, 9.17) is 26.1 Å². The van der Waals surface area contributed by atoms with Crippen LogP contribution in [0.2, 0.25) is 5.02 Å². The van der Waals surface area contributed by atoms with E-state index in [1.807, 2.05) is 36.4 Å². The predicted octanol–water partition coefficient (Wildman–Crippen LogP) is 5.77. The second kappa shape index (κ2) is 8.45. The van der Waals surface area contributed by atoms with Crippen molar-refractivity contribution in [3.8, 4) is 11.5 Å². The molecule has 3 aromatic rings. The van der Waals surface area contributed by atoms with E-state index in [9.17, 15) is 0 Å². The third-order valence-electron chi connectivity index (χ3n) is 3.83. The van der Waals surface area contributed by atoms with Gasteiger partial charge in [0.05, 0.1) is 18.7 Å². The van der Waals surface area contributed by atoms with Crippen LogP contribution < -0.4 is 9.47 Å². The Labute approximate surface area is 157 Å². The summed E-state index contributed by atoms with van der Waals surface area (Å²) in [5, 5.41) is 2.87. The summed E-state index contributed by atoms with van der Waals surface area (Å²) in [5.41, 5.74) is 2.13. The number of rotatable bonds is 7. The summed E-state index contributed by atoms with van der Waals surface area (Å²) < 4.78 is 11.2. The van der Waals surface area contributed by atoms with Crippen LogP contribution in [0.15, 0.2) is 53.6 Å². The zero-order chi connectivity index (χ0) is 17.6. The second-order valence-electron chi connectivity index (χ2n) is 5.64. The van der Waals surface area contributed by atoms with E-state index >= 15 is 0 Å². The number of hydrogen-bond donors (Lipinski definition) is 0. The predicted molar refractivity (Wildman–Crippen MR) is 105 cm³/mol. The lowest BCUT2D eigenvalue weighted by Gasteiger charge is -2.10. The van der Waals surface area contributed by atoms with Crippen molar-refractivity contribution in [2.75, 3.05) is 19.5 Å². The van der Waals surface area contributed by atoms with Crippen molar-refractivity contribution in [3.05, 3.63) is 59.1 Å². The number of aryl methyl sites for hydroxylation is 1. The maximum atomic E-state index is 5.86. The first kappa shape index (κ1) is 17.9. The van der Waals surface area contributed by atoms with Gasteiger partial charge in [0.25, 0.3) is 0 Å². The molecule has 3 nitrogen and oxygen atoms in total. The van der Waals surface area contributed by atoms with Crippen LogP contribution >= 0.6 is 23.4 Å². The number of hydrogen-bond acceptors (Lipinski definition) is 4. The molecule has 0 unspecified atom stereocenters. The Morgan fingerprint density at radius 3 is 2.68 bits per heavy atom. The first-order valence-corrected chi connectivity index (χ1v) is 9.49. The molecule has 25 heavy (non-hydrogen) atoms. The lowest BCUT2D eigenvalue weighted by atomic mass is 10.1. The highest BCUT2D eigenvalue weighted by Crippen LogP contribution is 2.29. The number of aromatic nitrogens is 1. The Morgan fingerprint density at radius 2 is 1.92 bits per heavy atom. The van der Waals surface area contributed by atoms with E-state index in [1.165, 1.54) is 5.56 Å². The lowest BCUT2D eigenvalue weighted by molar-refractivity contribution is 0.318. The summed E-state index contributed by atoms with van der Waals surface area (Å²) in [7, 11) is 1.68. The smallest absolute Gasteiger partial charge is 0.145 e. The van der Waals surface area contributed by atoms with Crippen LogP contribution in [0.4, 0.5) is 0 Å². The SMILES string of the molecule is COc1cccc2c(C)cc(SCCCOc3ccc(Cl)cc3)nc12. The average molecular weight is 374 g/mol. The quantitative estimate of drug-likeness (QED) is 0.389. The maximum Gasteiger partial charge on any atom is 0.145 e. The van der Waals surface area contributed by atoms with Crippen molar-refractivity contribution in [1.29, 1.82) is 0 Å². The van der Waals surface area contributed by atoms with Gasteiger partial charge in [-0.25, -0.2) is 4.98 Å². The minimum atomic E-state index is 0.671. The standard InChI is InChI=1S/C20H20ClNO2S/c1-14-13-19(22-20-17(14)5-3-6-18(20)23-2)25-12-4-11-24-16-9-7-15(21)8-10-16/h3,5-10,13H,4,11-12H2,1-2H3. The number of benzene rings is 2. The maximum absolute atomic E-state index is 5.86. The third kappa shape index (κ3) is 4.59. The molecule has 1 aromatic heterocycles. The Bertz CT molecular complexity index is 852. The Kier molecular flexibility index (Phi) is 6.05. The van der Waals surface area contributed by atoms with Crippen molar-refractivity contribution in [3.63, 3.8) is 0 Å². The molecule has 0 bridgehead atoms. The average Bonchev–Trinajstić information content (AvgIpc) is 2.62. The zero-order valence-electron chi connectivity index (χ0n) is 14.3. The van der Waals surface area contributed by atoms with Crippen molar-refractivity contribution < 1.29 is 9.47 Å². The van der Waals surface area contributed by atoms with Crippen molar-refractivity contribution in [1.82, 2.24) is 4.98 Å². The molecule has 0 aliphatic rings. The molecule has 0 amide bonds. The minimum Gasteiger partial charge on any atom is -0.494 e. The molecule has 0 saturated heterocycles. The largest absolute Gasteiger partial charge is 0.494 e. The Hall–Kier alpha value is -1.91. The molecule has 0 spiro atoms. The molecule has 3 rings (SSSR count). The van der Waals surface area contributed by atoms with Gasteiger partial charge in [0.15, 0.2) is 0 Å². The number of para-hydroxylation sites is 1. The van der Waals surface area contributed by atoms with Gasteiger partial charge >= 0.3 is 0 Å². The number of pyridine rings is 1. The van der Waals surface area contributed by atoms with Gasteiger partial charge in [0.2, 0.25) is 0 Å². The number of ether oxygens (including phenoxy) is 2. The van der Waals surface area contributed by atoms with Crippen molar-refractivity contribution in [2.24, 2.45) is 0 Å². The van der Waals surface area contributed by atoms with Crippen LogP contribution in [0, 0.1) is 6.92 Å². The summed E-state index contributed by atoms with van der Waals surface area (Å²) in [5.74, 6) is 2.61. The van der Waals surface area contributed by atoms with Gasteiger partial charge in [-0.3, -0.25) is 0 Å². The Balaban J connectivity index is 1.57. The molecule has 2 aromatic carbocycles. The minimum absolute atomic E-state index is 0.671. The highest BCUT2D eigenvalue weighted by atomic mass is 35.5. The van der Waals surface area contributed by atoms with Crippen LogP contribution in [0.5, 0.6) is 11.5 Å². The fraction of sp³-hybridized carbons (Fsp3) is 0.250. The summed E-state index contributed by atoms with van der Waals surface area (Å²) in [6.45, 7) is 2.78. The molecule has 0 radical (unpaired) electrons. The third-order valence-corrected chi connectivity index (χ3v) is 5.08. The van der Waals surface area contributed by atoms with E-state index in [1.54, 1.807) is 18.9 Å².